The number of carbonyl (C=O) groups excluding carboxylic acids is 3. The van der Waals surface area contributed by atoms with Crippen LogP contribution < -0.4 is 10.1 Å². The van der Waals surface area contributed by atoms with E-state index in [0.717, 1.165) is 0 Å². The zero-order valence-corrected chi connectivity index (χ0v) is 19.1. The molecule has 0 spiro atoms. The predicted molar refractivity (Wildman–Crippen MR) is 123 cm³/mol. The molecule has 2 amide bonds. The fourth-order valence-corrected chi connectivity index (χ4v) is 4.93. The van der Waals surface area contributed by atoms with Gasteiger partial charge in [-0.05, 0) is 29.8 Å². The van der Waals surface area contributed by atoms with Crippen LogP contribution in [0.5, 0.6) is 5.75 Å². The van der Waals surface area contributed by atoms with Gasteiger partial charge in [0, 0.05) is 17.9 Å². The smallest absolute Gasteiger partial charge is 0.356 e. The molecule has 0 aromatic heterocycles. The lowest BCUT2D eigenvalue weighted by molar-refractivity contribution is -0.384. The van der Waals surface area contributed by atoms with Gasteiger partial charge in [0.25, 0.3) is 17.5 Å². The first-order valence-corrected chi connectivity index (χ1v) is 11.5. The molecule has 2 aromatic carbocycles. The number of benzene rings is 2. The monoisotopic (exact) mass is 503 g/mol. The van der Waals surface area contributed by atoms with E-state index in [1.807, 2.05) is 6.07 Å². The predicted octanol–water partition coefficient (Wildman–Crippen LogP) is 2.57. The molecular formula is C22H18ClN3O7S. The van der Waals surface area contributed by atoms with E-state index in [9.17, 15) is 24.5 Å². The number of nitrogens with zero attached hydrogens (tertiary/aromatic N) is 2. The summed E-state index contributed by atoms with van der Waals surface area (Å²) in [5, 5.41) is 13.0. The van der Waals surface area contributed by atoms with Gasteiger partial charge in [0.15, 0.2) is 6.61 Å². The molecule has 1 saturated heterocycles. The first kappa shape index (κ1) is 23.6. The maximum atomic E-state index is 12.7. The van der Waals surface area contributed by atoms with Gasteiger partial charge < -0.3 is 14.8 Å². The molecule has 2 heterocycles. The van der Waals surface area contributed by atoms with Crippen molar-refractivity contribution < 1.29 is 28.8 Å². The molecule has 12 heteroatoms. The molecule has 10 nitrogen and oxygen atoms in total. The van der Waals surface area contributed by atoms with Crippen LogP contribution in [0.3, 0.4) is 0 Å². The number of non-ortho nitro benzene ring substituents is 1. The van der Waals surface area contributed by atoms with Crippen LogP contribution in [0.2, 0.25) is 0 Å². The first-order valence-electron chi connectivity index (χ1n) is 10.1. The number of thioether (sulfide) groups is 1. The number of amides is 2. The van der Waals surface area contributed by atoms with E-state index in [2.05, 4.69) is 5.32 Å². The molecule has 176 valence electrons. The lowest BCUT2D eigenvalue weighted by atomic mass is 10.1. The molecule has 0 bridgehead atoms. The van der Waals surface area contributed by atoms with Gasteiger partial charge in [0.2, 0.25) is 0 Å². The third-order valence-corrected chi connectivity index (χ3v) is 6.81. The maximum Gasteiger partial charge on any atom is 0.356 e. The average Bonchev–Trinajstić information content (AvgIpc) is 2.85. The molecule has 4 rings (SSSR count). The number of para-hydroxylation sites is 1. The summed E-state index contributed by atoms with van der Waals surface area (Å²) in [4.78, 5) is 49.1. The molecule has 2 aliphatic rings. The van der Waals surface area contributed by atoms with E-state index in [1.165, 1.54) is 40.9 Å². The summed E-state index contributed by atoms with van der Waals surface area (Å²) in [6, 6.07) is 13.5. The number of nitro groups is 1. The Morgan fingerprint density at radius 1 is 1.18 bits per heavy atom. The highest BCUT2D eigenvalue weighted by atomic mass is 35.5. The van der Waals surface area contributed by atoms with Crippen molar-refractivity contribution in [1.82, 2.24) is 10.2 Å². The molecule has 34 heavy (non-hydrogen) atoms. The summed E-state index contributed by atoms with van der Waals surface area (Å²) in [7, 11) is 0. The second-order valence-electron chi connectivity index (χ2n) is 7.31. The third-order valence-electron chi connectivity index (χ3n) is 5.06. The number of ether oxygens (including phenoxy) is 2. The van der Waals surface area contributed by atoms with Gasteiger partial charge in [0.05, 0.1) is 9.96 Å². The molecule has 1 fully saturated rings. The van der Waals surface area contributed by atoms with Crippen LogP contribution in [0.1, 0.15) is 5.56 Å². The largest absolute Gasteiger partial charge is 0.484 e. The van der Waals surface area contributed by atoms with Crippen LogP contribution in [0.4, 0.5) is 5.69 Å². The lowest BCUT2D eigenvalue weighted by Gasteiger charge is -2.49. The van der Waals surface area contributed by atoms with Crippen LogP contribution in [-0.2, 0) is 25.7 Å². The van der Waals surface area contributed by atoms with Crippen molar-refractivity contribution in [2.75, 3.05) is 12.4 Å². The van der Waals surface area contributed by atoms with Crippen LogP contribution in [0.15, 0.2) is 65.3 Å². The zero-order chi connectivity index (χ0) is 24.2. The van der Waals surface area contributed by atoms with Crippen molar-refractivity contribution in [3.05, 3.63) is 81.0 Å². The number of β-lactam (4-membered cyclic amide) rings is 1. The van der Waals surface area contributed by atoms with Crippen LogP contribution in [0.25, 0.3) is 0 Å². The van der Waals surface area contributed by atoms with E-state index < -0.39 is 34.1 Å². The summed E-state index contributed by atoms with van der Waals surface area (Å²) < 4.78 is 10.7. The number of nitro benzene ring substituents is 1. The molecule has 2 unspecified atom stereocenters. The number of hydrogen-bond acceptors (Lipinski definition) is 8. The Kier molecular flexibility index (Phi) is 7.03. The average molecular weight is 504 g/mol. The number of carbonyl (C=O) groups is 3. The summed E-state index contributed by atoms with van der Waals surface area (Å²) in [6.07, 6.45) is 0. The molecule has 0 aliphatic carbocycles. The molecule has 2 atom stereocenters. The van der Waals surface area contributed by atoms with Crippen LogP contribution >= 0.6 is 23.4 Å². The summed E-state index contributed by atoms with van der Waals surface area (Å²) in [6.45, 7) is -0.409. The van der Waals surface area contributed by atoms with E-state index in [4.69, 9.17) is 21.1 Å². The molecule has 0 radical (unpaired) electrons. The minimum Gasteiger partial charge on any atom is -0.484 e. The Morgan fingerprint density at radius 3 is 2.56 bits per heavy atom. The minimum atomic E-state index is -0.820. The Labute approximate surface area is 203 Å². The van der Waals surface area contributed by atoms with Crippen LogP contribution in [0, 0.1) is 10.1 Å². The SMILES string of the molecule is O=C(COc1ccccc1)NC1C(=O)N2C(C(=O)OCc3ccc([N+](=O)[O-])cc3)=C(Cl)CSC12. The van der Waals surface area contributed by atoms with E-state index in [0.29, 0.717) is 11.3 Å². The standard InChI is InChI=1S/C22H18ClN3O7S/c23-16-12-34-21-18(24-17(27)11-32-15-4-2-1-3-5-15)20(28)25(21)19(16)22(29)33-10-13-6-8-14(9-7-13)26(30)31/h1-9,18,21H,10-12H2,(H,24,27). The Hall–Kier alpha value is -3.57. The fourth-order valence-electron chi connectivity index (χ4n) is 3.38. The van der Waals surface area contributed by atoms with Gasteiger partial charge in [-0.2, -0.15) is 0 Å². The highest BCUT2D eigenvalue weighted by Gasteiger charge is 2.54. The van der Waals surface area contributed by atoms with Crippen molar-refractivity contribution in [1.29, 1.82) is 0 Å². The first-order chi connectivity index (χ1) is 16.3. The highest BCUT2D eigenvalue weighted by molar-refractivity contribution is 8.00. The topological polar surface area (TPSA) is 128 Å². The quantitative estimate of drug-likeness (QED) is 0.252. The summed E-state index contributed by atoms with van der Waals surface area (Å²) in [5.74, 6) is -0.945. The number of halogens is 1. The van der Waals surface area contributed by atoms with E-state index in [1.54, 1.807) is 24.3 Å². The van der Waals surface area contributed by atoms with Gasteiger partial charge in [-0.25, -0.2) is 4.79 Å². The zero-order valence-electron chi connectivity index (χ0n) is 17.5. The summed E-state index contributed by atoms with van der Waals surface area (Å²) in [5.41, 5.74) is 0.390. The van der Waals surface area contributed by atoms with Gasteiger partial charge in [-0.15, -0.1) is 11.8 Å². The number of fused-ring (bicyclic) bond motifs is 1. The lowest BCUT2D eigenvalue weighted by Crippen LogP contribution is -2.70. The second-order valence-corrected chi connectivity index (χ2v) is 8.87. The molecule has 1 N–H and O–H groups in total. The Balaban J connectivity index is 1.34. The number of esters is 1. The van der Waals surface area contributed by atoms with Gasteiger partial charge in [-0.3, -0.25) is 24.6 Å². The molecule has 2 aromatic rings. The van der Waals surface area contributed by atoms with Crippen LogP contribution in [-0.4, -0.2) is 51.4 Å². The second kappa shape index (κ2) is 10.1. The summed E-state index contributed by atoms with van der Waals surface area (Å²) >= 11 is 7.54. The van der Waals surface area contributed by atoms with Crippen molar-refractivity contribution in [2.45, 2.75) is 18.0 Å². The third kappa shape index (κ3) is 5.00. The van der Waals surface area contributed by atoms with Crippen molar-refractivity contribution in [3.63, 3.8) is 0 Å². The van der Waals surface area contributed by atoms with Gasteiger partial charge >= 0.3 is 5.97 Å². The highest BCUT2D eigenvalue weighted by Crippen LogP contribution is 2.41. The number of rotatable bonds is 8. The minimum absolute atomic E-state index is 0.0663. The van der Waals surface area contributed by atoms with Crippen molar-refractivity contribution >= 4 is 46.8 Å². The Bertz CT molecular complexity index is 1160. The molecule has 2 aliphatic heterocycles. The van der Waals surface area contributed by atoms with Crippen molar-refractivity contribution in [2.24, 2.45) is 0 Å². The molecular weight excluding hydrogens is 486 g/mol. The number of nitrogens with one attached hydrogen (secondary N) is 1. The normalized spacial score (nSPS) is 19.1. The fraction of sp³-hybridized carbons (Fsp3) is 0.227. The van der Waals surface area contributed by atoms with E-state index in [-0.39, 0.29) is 35.4 Å². The molecule has 0 saturated carbocycles. The number of hydrogen-bond donors (Lipinski definition) is 1. The van der Waals surface area contributed by atoms with Gasteiger partial charge in [0.1, 0.15) is 29.5 Å². The van der Waals surface area contributed by atoms with E-state index >= 15 is 0 Å². The Morgan fingerprint density at radius 2 is 1.88 bits per heavy atom. The van der Waals surface area contributed by atoms with Crippen molar-refractivity contribution in [3.8, 4) is 5.75 Å². The maximum absolute atomic E-state index is 12.7. The van der Waals surface area contributed by atoms with Gasteiger partial charge in [-0.1, -0.05) is 29.8 Å².